The molecule has 0 atom stereocenters. The first kappa shape index (κ1) is 18.9. The van der Waals surface area contributed by atoms with Crippen molar-refractivity contribution >= 4 is 39.9 Å². The van der Waals surface area contributed by atoms with Crippen LogP contribution in [-0.2, 0) is 15.3 Å². The number of nitrogens with one attached hydrogen (secondary N) is 1. The SMILES string of the molecule is O=C(CSCc1cc(=O)n2ccsc2n1)NC1(C(=O)O)CCCCCC1. The first-order chi connectivity index (χ1) is 12.5. The third-order valence-corrected chi connectivity index (χ3v) is 6.31. The van der Waals surface area contributed by atoms with E-state index in [1.54, 1.807) is 11.6 Å². The minimum absolute atomic E-state index is 0.139. The molecular weight excluding hydrogens is 374 g/mol. The Hall–Kier alpha value is -1.87. The summed E-state index contributed by atoms with van der Waals surface area (Å²) in [5.41, 5.74) is -0.654. The van der Waals surface area contributed by atoms with Crippen molar-refractivity contribution in [3.8, 4) is 0 Å². The number of carbonyl (C=O) groups is 2. The molecule has 26 heavy (non-hydrogen) atoms. The lowest BCUT2D eigenvalue weighted by molar-refractivity contribution is -0.148. The van der Waals surface area contributed by atoms with Gasteiger partial charge in [0, 0.05) is 23.4 Å². The summed E-state index contributed by atoms with van der Waals surface area (Å²) >= 11 is 2.71. The van der Waals surface area contributed by atoms with Gasteiger partial charge in [0.05, 0.1) is 11.4 Å². The fourth-order valence-corrected chi connectivity index (χ4v) is 4.69. The molecular formula is C17H21N3O4S2. The van der Waals surface area contributed by atoms with Gasteiger partial charge in [-0.3, -0.25) is 14.0 Å². The normalized spacial score (nSPS) is 16.9. The molecule has 140 valence electrons. The zero-order valence-corrected chi connectivity index (χ0v) is 15.9. The molecule has 2 aromatic rings. The third-order valence-electron chi connectivity index (χ3n) is 4.58. The summed E-state index contributed by atoms with van der Waals surface area (Å²) in [6.45, 7) is 0. The number of hydrogen-bond donors (Lipinski definition) is 2. The standard InChI is InChI=1S/C17H21N3O4S2/c21-13(19-17(15(23)24)5-3-1-2-4-6-17)11-25-10-12-9-14(22)20-7-8-26-16(20)18-12/h7-9H,1-6,10-11H2,(H,19,21)(H,23,24). The molecule has 9 heteroatoms. The van der Waals surface area contributed by atoms with E-state index in [1.807, 2.05) is 0 Å². The van der Waals surface area contributed by atoms with Crippen LogP contribution in [0.2, 0.25) is 0 Å². The molecule has 0 radical (unpaired) electrons. The zero-order chi connectivity index (χ0) is 18.6. The quantitative estimate of drug-likeness (QED) is 0.728. The number of carboxylic acid groups (broad SMARTS) is 1. The van der Waals surface area contributed by atoms with Gasteiger partial charge in [0.25, 0.3) is 5.56 Å². The summed E-state index contributed by atoms with van der Waals surface area (Å²) < 4.78 is 1.48. The molecule has 1 aliphatic rings. The average molecular weight is 396 g/mol. The van der Waals surface area contributed by atoms with Gasteiger partial charge >= 0.3 is 5.97 Å². The largest absolute Gasteiger partial charge is 0.480 e. The van der Waals surface area contributed by atoms with E-state index in [-0.39, 0.29) is 17.2 Å². The lowest BCUT2D eigenvalue weighted by Crippen LogP contribution is -2.54. The monoisotopic (exact) mass is 395 g/mol. The summed E-state index contributed by atoms with van der Waals surface area (Å²) in [7, 11) is 0. The highest BCUT2D eigenvalue weighted by molar-refractivity contribution is 7.99. The summed E-state index contributed by atoms with van der Waals surface area (Å²) in [5, 5.41) is 14.2. The lowest BCUT2D eigenvalue weighted by atomic mass is 9.90. The number of thioether (sulfide) groups is 1. The van der Waals surface area contributed by atoms with Crippen LogP contribution in [0.25, 0.3) is 4.96 Å². The van der Waals surface area contributed by atoms with Crippen LogP contribution in [0, 0.1) is 0 Å². The number of thiazole rings is 1. The maximum Gasteiger partial charge on any atom is 0.329 e. The van der Waals surface area contributed by atoms with Crippen LogP contribution in [-0.4, -0.2) is 37.7 Å². The van der Waals surface area contributed by atoms with Crippen molar-refractivity contribution in [1.29, 1.82) is 0 Å². The Balaban J connectivity index is 1.57. The summed E-state index contributed by atoms with van der Waals surface area (Å²) in [6, 6.07) is 1.47. The van der Waals surface area contributed by atoms with Gasteiger partial charge in [0.1, 0.15) is 5.54 Å². The van der Waals surface area contributed by atoms with Crippen molar-refractivity contribution in [3.63, 3.8) is 0 Å². The molecule has 1 amide bonds. The number of hydrogen-bond acceptors (Lipinski definition) is 6. The Morgan fingerprint density at radius 2 is 2.04 bits per heavy atom. The lowest BCUT2D eigenvalue weighted by Gasteiger charge is -2.29. The number of aromatic nitrogens is 2. The maximum absolute atomic E-state index is 12.3. The number of carboxylic acids is 1. The molecule has 2 aromatic heterocycles. The Labute approximate surface area is 158 Å². The van der Waals surface area contributed by atoms with E-state index >= 15 is 0 Å². The zero-order valence-electron chi connectivity index (χ0n) is 14.3. The van der Waals surface area contributed by atoms with E-state index < -0.39 is 11.5 Å². The minimum atomic E-state index is -1.14. The van der Waals surface area contributed by atoms with Crippen LogP contribution in [0.3, 0.4) is 0 Å². The molecule has 0 spiro atoms. The van der Waals surface area contributed by atoms with Gasteiger partial charge in [-0.1, -0.05) is 25.7 Å². The van der Waals surface area contributed by atoms with Crippen LogP contribution in [0.1, 0.15) is 44.2 Å². The number of aliphatic carboxylic acids is 1. The predicted molar refractivity (Wildman–Crippen MR) is 102 cm³/mol. The summed E-state index contributed by atoms with van der Waals surface area (Å²) in [5.74, 6) is -0.665. The molecule has 0 saturated heterocycles. The van der Waals surface area contributed by atoms with Crippen molar-refractivity contribution in [2.75, 3.05) is 5.75 Å². The topological polar surface area (TPSA) is 101 Å². The number of amides is 1. The van der Waals surface area contributed by atoms with E-state index in [0.29, 0.717) is 29.2 Å². The molecule has 7 nitrogen and oxygen atoms in total. The maximum atomic E-state index is 12.3. The molecule has 0 bridgehead atoms. The Bertz CT molecular complexity index is 853. The van der Waals surface area contributed by atoms with Crippen molar-refractivity contribution in [2.24, 2.45) is 0 Å². The smallest absolute Gasteiger partial charge is 0.329 e. The molecule has 0 unspecified atom stereocenters. The number of carbonyl (C=O) groups excluding carboxylic acids is 1. The van der Waals surface area contributed by atoms with E-state index in [1.165, 1.54) is 33.6 Å². The van der Waals surface area contributed by atoms with Gasteiger partial charge in [0.2, 0.25) is 5.91 Å². The fourth-order valence-electron chi connectivity index (χ4n) is 3.24. The highest BCUT2D eigenvalue weighted by atomic mass is 32.2. The second-order valence-corrected chi connectivity index (χ2v) is 8.34. The highest BCUT2D eigenvalue weighted by Crippen LogP contribution is 2.27. The molecule has 3 rings (SSSR count). The summed E-state index contributed by atoms with van der Waals surface area (Å²) in [4.78, 5) is 41.0. The van der Waals surface area contributed by atoms with Gasteiger partial charge < -0.3 is 10.4 Å². The molecule has 2 N–H and O–H groups in total. The first-order valence-corrected chi connectivity index (χ1v) is 10.6. The molecule has 0 aromatic carbocycles. The minimum Gasteiger partial charge on any atom is -0.480 e. The van der Waals surface area contributed by atoms with Crippen LogP contribution in [0.4, 0.5) is 0 Å². The van der Waals surface area contributed by atoms with Crippen molar-refractivity contribution < 1.29 is 14.7 Å². The number of rotatable bonds is 6. The van der Waals surface area contributed by atoms with Crippen LogP contribution < -0.4 is 10.9 Å². The van der Waals surface area contributed by atoms with Gasteiger partial charge in [-0.15, -0.1) is 23.1 Å². The van der Waals surface area contributed by atoms with Crippen LogP contribution >= 0.6 is 23.1 Å². The van der Waals surface area contributed by atoms with Gasteiger partial charge in [0.15, 0.2) is 4.96 Å². The second-order valence-electron chi connectivity index (χ2n) is 6.48. The average Bonchev–Trinajstić information content (AvgIpc) is 2.94. The predicted octanol–water partition coefficient (Wildman–Crippen LogP) is 2.28. The summed E-state index contributed by atoms with van der Waals surface area (Å²) in [6.07, 6.45) is 6.27. The fraction of sp³-hybridized carbons (Fsp3) is 0.529. The van der Waals surface area contributed by atoms with Crippen molar-refractivity contribution in [1.82, 2.24) is 14.7 Å². The van der Waals surface area contributed by atoms with Crippen molar-refractivity contribution in [3.05, 3.63) is 33.7 Å². The highest BCUT2D eigenvalue weighted by Gasteiger charge is 2.39. The van der Waals surface area contributed by atoms with Gasteiger partial charge in [-0.25, -0.2) is 9.78 Å². The molecule has 1 fully saturated rings. The molecule has 2 heterocycles. The van der Waals surface area contributed by atoms with E-state index in [9.17, 15) is 19.5 Å². The van der Waals surface area contributed by atoms with Crippen LogP contribution in [0.15, 0.2) is 22.4 Å². The third kappa shape index (κ3) is 4.27. The van der Waals surface area contributed by atoms with Crippen LogP contribution in [0.5, 0.6) is 0 Å². The van der Waals surface area contributed by atoms with Crippen molar-refractivity contribution in [2.45, 2.75) is 49.8 Å². The Morgan fingerprint density at radius 3 is 2.73 bits per heavy atom. The van der Waals surface area contributed by atoms with E-state index in [0.717, 1.165) is 25.7 Å². The molecule has 1 aliphatic carbocycles. The van der Waals surface area contributed by atoms with Gasteiger partial charge in [-0.2, -0.15) is 0 Å². The molecule has 0 aliphatic heterocycles. The number of nitrogens with zero attached hydrogens (tertiary/aromatic N) is 2. The van der Waals surface area contributed by atoms with Gasteiger partial charge in [-0.05, 0) is 12.8 Å². The van der Waals surface area contributed by atoms with E-state index in [2.05, 4.69) is 10.3 Å². The first-order valence-electron chi connectivity index (χ1n) is 8.58. The number of fused-ring (bicyclic) bond motifs is 1. The Morgan fingerprint density at radius 1 is 1.31 bits per heavy atom. The molecule has 1 saturated carbocycles. The second kappa shape index (κ2) is 8.22. The van der Waals surface area contributed by atoms with E-state index in [4.69, 9.17) is 0 Å². The Kier molecular flexibility index (Phi) is 5.98.